The summed E-state index contributed by atoms with van der Waals surface area (Å²) in [5, 5.41) is 12.6. The fourth-order valence-corrected chi connectivity index (χ4v) is 3.11. The van der Waals surface area contributed by atoms with E-state index >= 15 is 0 Å². The Bertz CT molecular complexity index is 1150. The minimum absolute atomic E-state index is 0.00896. The van der Waals surface area contributed by atoms with Gasteiger partial charge < -0.3 is 10.1 Å². The molecule has 3 aromatic rings. The molecular weight excluding hydrogens is 403 g/mol. The van der Waals surface area contributed by atoms with Crippen LogP contribution in [0.3, 0.4) is 0 Å². The van der Waals surface area contributed by atoms with Gasteiger partial charge in [0.1, 0.15) is 23.2 Å². The number of nitriles is 1. The van der Waals surface area contributed by atoms with Crippen molar-refractivity contribution in [1.29, 1.82) is 5.26 Å². The lowest BCUT2D eigenvalue weighted by atomic mass is 9.97. The molecule has 0 aliphatic carbocycles. The Balaban J connectivity index is 1.95. The highest BCUT2D eigenvalue weighted by Gasteiger charge is 2.14. The van der Waals surface area contributed by atoms with E-state index in [2.05, 4.69) is 5.32 Å². The maximum absolute atomic E-state index is 13.8. The summed E-state index contributed by atoms with van der Waals surface area (Å²) in [5.41, 5.74) is 2.25. The number of anilines is 1. The van der Waals surface area contributed by atoms with Gasteiger partial charge in [-0.3, -0.25) is 4.79 Å². The summed E-state index contributed by atoms with van der Waals surface area (Å²) in [4.78, 5) is 12.5. The Morgan fingerprint density at radius 1 is 1.13 bits per heavy atom. The summed E-state index contributed by atoms with van der Waals surface area (Å²) in [6, 6.07) is 20.4. The number of carbonyl (C=O) groups excluding carboxylic acids is 1. The lowest BCUT2D eigenvalue weighted by Crippen LogP contribution is -2.14. The molecule has 4 nitrogen and oxygen atoms in total. The predicted octanol–water partition coefficient (Wildman–Crippen LogP) is 5.62. The lowest BCUT2D eigenvalue weighted by Gasteiger charge is -2.11. The highest BCUT2D eigenvalue weighted by Crippen LogP contribution is 2.26. The molecule has 0 heterocycles. The fraction of sp³-hybridized carbons (Fsp3) is 0.0833. The van der Waals surface area contributed by atoms with E-state index in [-0.39, 0.29) is 11.3 Å². The largest absolute Gasteiger partial charge is 0.497 e. The van der Waals surface area contributed by atoms with E-state index in [1.807, 2.05) is 30.3 Å². The summed E-state index contributed by atoms with van der Waals surface area (Å²) in [6.45, 7) is 0. The summed E-state index contributed by atoms with van der Waals surface area (Å²) in [5.74, 6) is -0.627. The maximum Gasteiger partial charge on any atom is 0.266 e. The number of methoxy groups -OCH3 is 1. The van der Waals surface area contributed by atoms with Crippen LogP contribution in [0.1, 0.15) is 16.7 Å². The first-order valence-electron chi connectivity index (χ1n) is 9.10. The van der Waals surface area contributed by atoms with E-state index in [1.165, 1.54) is 24.3 Å². The van der Waals surface area contributed by atoms with Crippen molar-refractivity contribution in [2.75, 3.05) is 12.4 Å². The molecule has 0 saturated heterocycles. The number of hydrogen-bond donors (Lipinski definition) is 1. The molecule has 1 amide bonds. The van der Waals surface area contributed by atoms with Crippen LogP contribution in [0.25, 0.3) is 6.08 Å². The van der Waals surface area contributed by atoms with Crippen LogP contribution in [0.5, 0.6) is 5.75 Å². The van der Waals surface area contributed by atoms with Crippen LogP contribution in [0.15, 0.2) is 72.3 Å². The van der Waals surface area contributed by atoms with E-state index < -0.39 is 11.7 Å². The van der Waals surface area contributed by atoms with Crippen molar-refractivity contribution in [2.24, 2.45) is 0 Å². The second-order valence-corrected chi connectivity index (χ2v) is 6.84. The van der Waals surface area contributed by atoms with Gasteiger partial charge in [0.25, 0.3) is 5.91 Å². The molecule has 0 unspecified atom stereocenters. The highest BCUT2D eigenvalue weighted by molar-refractivity contribution is 6.31. The molecule has 3 aromatic carbocycles. The normalized spacial score (nSPS) is 10.9. The minimum Gasteiger partial charge on any atom is -0.497 e. The molecule has 0 aliphatic rings. The van der Waals surface area contributed by atoms with E-state index in [0.717, 1.165) is 11.1 Å². The van der Waals surface area contributed by atoms with Gasteiger partial charge in [0, 0.05) is 5.02 Å². The smallest absolute Gasteiger partial charge is 0.266 e. The van der Waals surface area contributed by atoms with Crippen LogP contribution >= 0.6 is 11.6 Å². The zero-order chi connectivity index (χ0) is 21.5. The van der Waals surface area contributed by atoms with Crippen molar-refractivity contribution in [3.8, 4) is 11.8 Å². The summed E-state index contributed by atoms with van der Waals surface area (Å²) >= 11 is 6.29. The van der Waals surface area contributed by atoms with Crippen molar-refractivity contribution < 1.29 is 13.9 Å². The third kappa shape index (κ3) is 5.05. The first-order chi connectivity index (χ1) is 14.5. The van der Waals surface area contributed by atoms with Crippen molar-refractivity contribution in [3.63, 3.8) is 0 Å². The van der Waals surface area contributed by atoms with Crippen LogP contribution in [-0.4, -0.2) is 13.0 Å². The van der Waals surface area contributed by atoms with Crippen LogP contribution in [0.2, 0.25) is 5.02 Å². The van der Waals surface area contributed by atoms with Crippen molar-refractivity contribution >= 4 is 29.3 Å². The quantitative estimate of drug-likeness (QED) is 0.415. The second kappa shape index (κ2) is 9.73. The highest BCUT2D eigenvalue weighted by atomic mass is 35.5. The summed E-state index contributed by atoms with van der Waals surface area (Å²) in [7, 11) is 1.56. The molecule has 0 spiro atoms. The Hall–Kier alpha value is -3.62. The molecule has 1 N–H and O–H groups in total. The van der Waals surface area contributed by atoms with Crippen LogP contribution in [0.4, 0.5) is 10.1 Å². The standard InChI is InChI=1S/C24H18ClFN2O2/c1-30-20-11-10-16(18(14-20)13-17-6-2-3-7-21(17)25)12-19(15-27)24(29)28-23-9-5-4-8-22(23)26/h2-12,14H,13H2,1H3,(H,28,29)/b19-12+. The number of nitrogens with zero attached hydrogens (tertiary/aromatic N) is 1. The van der Waals surface area contributed by atoms with Crippen LogP contribution in [-0.2, 0) is 11.2 Å². The molecule has 0 bridgehead atoms. The van der Waals surface area contributed by atoms with Gasteiger partial charge in [-0.2, -0.15) is 5.26 Å². The molecule has 0 fully saturated rings. The zero-order valence-corrected chi connectivity index (χ0v) is 16.9. The molecule has 0 saturated carbocycles. The SMILES string of the molecule is COc1ccc(/C=C(\C#N)C(=O)Nc2ccccc2F)c(Cc2ccccc2Cl)c1. The van der Waals surface area contributed by atoms with Gasteiger partial charge in [0.2, 0.25) is 0 Å². The van der Waals surface area contributed by atoms with Crippen LogP contribution < -0.4 is 10.1 Å². The Morgan fingerprint density at radius 2 is 1.87 bits per heavy atom. The number of ether oxygens (including phenoxy) is 1. The van der Waals surface area contributed by atoms with Crippen molar-refractivity contribution in [2.45, 2.75) is 6.42 Å². The van der Waals surface area contributed by atoms with Gasteiger partial charge in [-0.25, -0.2) is 4.39 Å². The Kier molecular flexibility index (Phi) is 6.84. The number of benzene rings is 3. The van der Waals surface area contributed by atoms with Crippen molar-refractivity contribution in [1.82, 2.24) is 0 Å². The maximum atomic E-state index is 13.8. The Morgan fingerprint density at radius 3 is 2.57 bits per heavy atom. The topological polar surface area (TPSA) is 62.1 Å². The second-order valence-electron chi connectivity index (χ2n) is 6.44. The summed E-state index contributed by atoms with van der Waals surface area (Å²) in [6.07, 6.45) is 1.96. The zero-order valence-electron chi connectivity index (χ0n) is 16.2. The molecule has 150 valence electrons. The van der Waals surface area contributed by atoms with E-state index in [0.29, 0.717) is 22.8 Å². The number of para-hydroxylation sites is 1. The lowest BCUT2D eigenvalue weighted by molar-refractivity contribution is -0.112. The number of halogens is 2. The monoisotopic (exact) mass is 420 g/mol. The Labute approximate surface area is 179 Å². The van der Waals surface area contributed by atoms with Gasteiger partial charge >= 0.3 is 0 Å². The molecule has 30 heavy (non-hydrogen) atoms. The average molecular weight is 421 g/mol. The van der Waals surface area contributed by atoms with Crippen molar-refractivity contribution in [3.05, 3.63) is 99.8 Å². The third-order valence-corrected chi connectivity index (χ3v) is 4.84. The molecule has 0 radical (unpaired) electrons. The fourth-order valence-electron chi connectivity index (χ4n) is 2.91. The molecule has 0 aliphatic heterocycles. The first kappa shape index (κ1) is 21.1. The first-order valence-corrected chi connectivity index (χ1v) is 9.47. The number of nitrogens with one attached hydrogen (secondary N) is 1. The van der Waals surface area contributed by atoms with Crippen LogP contribution in [0, 0.1) is 17.1 Å². The number of hydrogen-bond acceptors (Lipinski definition) is 3. The number of carbonyl (C=O) groups is 1. The summed E-state index contributed by atoms with van der Waals surface area (Å²) < 4.78 is 19.1. The molecule has 0 atom stereocenters. The van der Waals surface area contributed by atoms with Gasteiger partial charge in [-0.05, 0) is 59.5 Å². The molecule has 3 rings (SSSR count). The minimum atomic E-state index is -0.692. The number of amides is 1. The van der Waals surface area contributed by atoms with Gasteiger partial charge in [-0.1, -0.05) is 48.0 Å². The van der Waals surface area contributed by atoms with E-state index in [9.17, 15) is 14.4 Å². The molecular formula is C24H18ClFN2O2. The molecule has 0 aromatic heterocycles. The van der Waals surface area contributed by atoms with Gasteiger partial charge in [0.15, 0.2) is 0 Å². The number of rotatable bonds is 6. The van der Waals surface area contributed by atoms with E-state index in [1.54, 1.807) is 31.4 Å². The predicted molar refractivity (Wildman–Crippen MR) is 116 cm³/mol. The van der Waals surface area contributed by atoms with Gasteiger partial charge in [0.05, 0.1) is 12.8 Å². The molecule has 6 heteroatoms. The average Bonchev–Trinajstić information content (AvgIpc) is 2.75. The van der Waals surface area contributed by atoms with Gasteiger partial charge in [-0.15, -0.1) is 0 Å². The third-order valence-electron chi connectivity index (χ3n) is 4.48. The van der Waals surface area contributed by atoms with E-state index in [4.69, 9.17) is 16.3 Å².